The average molecular weight is 456 g/mol. The number of alkyl halides is 3. The molecule has 162 valence electrons. The summed E-state index contributed by atoms with van der Waals surface area (Å²) in [5.41, 5.74) is -4.82. The van der Waals surface area contributed by atoms with Crippen LogP contribution < -0.4 is 10.0 Å². The maximum Gasteiger partial charge on any atom is 0.407 e. The molecule has 1 fully saturated rings. The van der Waals surface area contributed by atoms with Gasteiger partial charge in [0.05, 0.1) is 0 Å². The second-order valence-corrected chi connectivity index (χ2v) is 8.08. The van der Waals surface area contributed by atoms with Crippen LogP contribution in [-0.4, -0.2) is 26.0 Å². The Morgan fingerprint density at radius 3 is 1.93 bits per heavy atom. The quantitative estimate of drug-likeness (QED) is 0.408. The van der Waals surface area contributed by atoms with Crippen molar-refractivity contribution in [1.82, 2.24) is 4.72 Å². The topological polar surface area (TPSA) is 75.3 Å². The minimum atomic E-state index is -5.60. The van der Waals surface area contributed by atoms with Crippen molar-refractivity contribution in [3.8, 4) is 0 Å². The maximum absolute atomic E-state index is 14.3. The molecule has 1 aliphatic carbocycles. The van der Waals surface area contributed by atoms with Crippen LogP contribution in [-0.2, 0) is 10.0 Å². The average Bonchev–Trinajstić information content (AvgIpc) is 3.45. The summed E-state index contributed by atoms with van der Waals surface area (Å²) in [5, 5.41) is 1.59. The Bertz CT molecular complexity index is 1110. The number of hydrogen-bond donors (Lipinski definition) is 2. The first-order valence-electron chi connectivity index (χ1n) is 8.14. The molecule has 0 atom stereocenters. The molecule has 1 saturated carbocycles. The summed E-state index contributed by atoms with van der Waals surface area (Å²) >= 11 is 0. The van der Waals surface area contributed by atoms with Gasteiger partial charge in [-0.1, -0.05) is 18.2 Å². The molecule has 30 heavy (non-hydrogen) atoms. The van der Waals surface area contributed by atoms with E-state index < -0.39 is 74.3 Å². The molecule has 0 unspecified atom stereocenters. The molecule has 1 aliphatic rings. The van der Waals surface area contributed by atoms with Crippen molar-refractivity contribution in [3.05, 3.63) is 59.2 Å². The number of benzene rings is 2. The van der Waals surface area contributed by atoms with E-state index in [2.05, 4.69) is 0 Å². The van der Waals surface area contributed by atoms with Crippen LogP contribution in [0.15, 0.2) is 35.2 Å². The highest BCUT2D eigenvalue weighted by Crippen LogP contribution is 2.50. The Hall–Kier alpha value is -2.67. The van der Waals surface area contributed by atoms with E-state index in [1.165, 1.54) is 35.1 Å². The molecule has 1 amide bonds. The van der Waals surface area contributed by atoms with Crippen LogP contribution in [0.2, 0.25) is 0 Å². The normalized spacial score (nSPS) is 15.7. The van der Waals surface area contributed by atoms with E-state index in [1.54, 1.807) is 5.32 Å². The van der Waals surface area contributed by atoms with Gasteiger partial charge in [-0.3, -0.25) is 4.79 Å². The van der Waals surface area contributed by atoms with Gasteiger partial charge in [0, 0.05) is 5.56 Å². The van der Waals surface area contributed by atoms with Gasteiger partial charge in [0.25, 0.3) is 5.91 Å². The van der Waals surface area contributed by atoms with Crippen molar-refractivity contribution >= 4 is 21.6 Å². The number of nitrogens with one attached hydrogen (secondary N) is 2. The lowest BCUT2D eigenvalue weighted by Gasteiger charge is -2.22. The van der Waals surface area contributed by atoms with E-state index in [4.69, 9.17) is 0 Å². The second kappa shape index (κ2) is 7.23. The summed E-state index contributed by atoms with van der Waals surface area (Å²) in [6.07, 6.45) is -6.48. The highest BCUT2D eigenvalue weighted by molar-refractivity contribution is 7.89. The van der Waals surface area contributed by atoms with Gasteiger partial charge in [-0.05, 0) is 25.0 Å². The van der Waals surface area contributed by atoms with E-state index in [-0.39, 0.29) is 5.56 Å². The molecule has 0 bridgehead atoms. The molecule has 2 aromatic rings. The third kappa shape index (κ3) is 3.74. The lowest BCUT2D eigenvalue weighted by molar-refractivity contribution is -0.160. The van der Waals surface area contributed by atoms with Crippen LogP contribution in [0.25, 0.3) is 0 Å². The van der Waals surface area contributed by atoms with Crippen LogP contribution in [0.1, 0.15) is 23.2 Å². The molecule has 0 aromatic heterocycles. The van der Waals surface area contributed by atoms with Crippen molar-refractivity contribution in [2.24, 2.45) is 0 Å². The van der Waals surface area contributed by atoms with E-state index >= 15 is 0 Å². The fraction of sp³-hybridized carbons (Fsp3) is 0.235. The zero-order chi connectivity index (χ0) is 22.5. The first-order chi connectivity index (χ1) is 13.8. The monoisotopic (exact) mass is 456 g/mol. The van der Waals surface area contributed by atoms with E-state index in [9.17, 15) is 43.9 Å². The third-order valence-corrected chi connectivity index (χ3v) is 5.97. The van der Waals surface area contributed by atoms with Crippen molar-refractivity contribution in [2.45, 2.75) is 29.5 Å². The first-order valence-corrected chi connectivity index (χ1v) is 9.62. The Morgan fingerprint density at radius 2 is 1.43 bits per heavy atom. The van der Waals surface area contributed by atoms with Crippen LogP contribution >= 0.6 is 0 Å². The highest BCUT2D eigenvalue weighted by Gasteiger charge is 2.65. The van der Waals surface area contributed by atoms with Crippen LogP contribution in [0.3, 0.4) is 0 Å². The van der Waals surface area contributed by atoms with Gasteiger partial charge in [-0.25, -0.2) is 26.0 Å². The number of amides is 1. The number of carbonyl (C=O) groups excluding carboxylic acids is 1. The molecule has 0 spiro atoms. The molecule has 2 N–H and O–H groups in total. The SMILES string of the molecule is O=C(Nc1c(F)c(F)c(F)c(F)c1S(=O)(=O)NC1(C(F)(F)F)CC1)c1ccccc1. The largest absolute Gasteiger partial charge is 0.407 e. The number of rotatable bonds is 5. The molecular weight excluding hydrogens is 445 g/mol. The van der Waals surface area contributed by atoms with Gasteiger partial charge in [-0.2, -0.15) is 17.9 Å². The Balaban J connectivity index is 2.13. The van der Waals surface area contributed by atoms with Crippen molar-refractivity contribution in [3.63, 3.8) is 0 Å². The summed E-state index contributed by atoms with van der Waals surface area (Å²) in [6, 6.07) is 6.56. The molecule has 0 radical (unpaired) electrons. The minimum Gasteiger partial charge on any atom is -0.318 e. The van der Waals surface area contributed by atoms with E-state index in [0.717, 1.165) is 0 Å². The first kappa shape index (κ1) is 22.0. The van der Waals surface area contributed by atoms with Crippen molar-refractivity contribution in [1.29, 1.82) is 0 Å². The number of anilines is 1. The number of sulfonamides is 1. The van der Waals surface area contributed by atoms with Crippen LogP contribution in [0.4, 0.5) is 36.4 Å². The predicted octanol–water partition coefficient (Wildman–Crippen LogP) is 3.87. The summed E-state index contributed by atoms with van der Waals surface area (Å²) in [6.45, 7) is 0. The number of hydrogen-bond acceptors (Lipinski definition) is 3. The summed E-state index contributed by atoms with van der Waals surface area (Å²) < 4.78 is 121. The van der Waals surface area contributed by atoms with Crippen LogP contribution in [0, 0.1) is 23.3 Å². The number of carbonyl (C=O) groups is 1. The minimum absolute atomic E-state index is 0.202. The van der Waals surface area contributed by atoms with Gasteiger partial charge >= 0.3 is 6.18 Å². The van der Waals surface area contributed by atoms with E-state index in [1.807, 2.05) is 0 Å². The Morgan fingerprint density at radius 1 is 0.900 bits per heavy atom. The van der Waals surface area contributed by atoms with Gasteiger partial charge in [0.15, 0.2) is 23.3 Å². The molecule has 2 aromatic carbocycles. The standard InChI is InChI=1S/C17H11F7N2O3S/c18-9-10(19)12(21)14(30(28,29)26-16(6-7-16)17(22,23)24)13(11(9)20)25-15(27)8-4-2-1-3-5-8/h1-5,26H,6-7H2,(H,25,27). The van der Waals surface area contributed by atoms with Crippen molar-refractivity contribution in [2.75, 3.05) is 5.32 Å². The Labute approximate surface area is 164 Å². The molecular formula is C17H11F7N2O3S. The van der Waals surface area contributed by atoms with E-state index in [0.29, 0.717) is 0 Å². The second-order valence-electron chi connectivity index (χ2n) is 6.47. The zero-order valence-corrected chi connectivity index (χ0v) is 15.4. The Kier molecular flexibility index (Phi) is 5.31. The van der Waals surface area contributed by atoms with Gasteiger partial charge in [0.1, 0.15) is 16.1 Å². The summed E-state index contributed by atoms with van der Waals surface area (Å²) in [5.74, 6) is -11.0. The van der Waals surface area contributed by atoms with Gasteiger partial charge in [0.2, 0.25) is 10.0 Å². The lowest BCUT2D eigenvalue weighted by atomic mass is 10.2. The third-order valence-electron chi connectivity index (χ3n) is 4.39. The zero-order valence-electron chi connectivity index (χ0n) is 14.6. The molecule has 13 heteroatoms. The van der Waals surface area contributed by atoms with Crippen molar-refractivity contribution < 1.29 is 43.9 Å². The van der Waals surface area contributed by atoms with Gasteiger partial charge < -0.3 is 5.32 Å². The molecule has 0 saturated heterocycles. The molecule has 3 rings (SSSR count). The van der Waals surface area contributed by atoms with Crippen LogP contribution in [0.5, 0.6) is 0 Å². The highest BCUT2D eigenvalue weighted by atomic mass is 32.2. The molecule has 0 aliphatic heterocycles. The molecule has 5 nitrogen and oxygen atoms in total. The van der Waals surface area contributed by atoms with Gasteiger partial charge in [-0.15, -0.1) is 0 Å². The fourth-order valence-electron chi connectivity index (χ4n) is 2.63. The number of halogens is 7. The summed E-state index contributed by atoms with van der Waals surface area (Å²) in [4.78, 5) is 10.2. The summed E-state index contributed by atoms with van der Waals surface area (Å²) in [7, 11) is -5.60. The smallest absolute Gasteiger partial charge is 0.318 e. The lowest BCUT2D eigenvalue weighted by Crippen LogP contribution is -2.48. The predicted molar refractivity (Wildman–Crippen MR) is 89.0 cm³/mol. The fourth-order valence-corrected chi connectivity index (χ4v) is 4.30. The molecule has 0 heterocycles. The maximum atomic E-state index is 14.3.